The van der Waals surface area contributed by atoms with Crippen LogP contribution >= 0.6 is 39.1 Å². The Morgan fingerprint density at radius 2 is 1.88 bits per heavy atom. The van der Waals surface area contributed by atoms with Crippen molar-refractivity contribution in [2.45, 2.75) is 0 Å². The van der Waals surface area contributed by atoms with E-state index in [-0.39, 0.29) is 5.28 Å². The molecule has 84 valence electrons. The summed E-state index contributed by atoms with van der Waals surface area (Å²) in [6.07, 6.45) is 0. The maximum atomic E-state index is 6.02. The first kappa shape index (κ1) is 11.9. The van der Waals surface area contributed by atoms with Gasteiger partial charge in [-0.3, -0.25) is 0 Å². The van der Waals surface area contributed by atoms with Crippen LogP contribution in [0.3, 0.4) is 0 Å². The number of hydrogen-bond donors (Lipinski definition) is 0. The van der Waals surface area contributed by atoms with Gasteiger partial charge in [-0.1, -0.05) is 11.6 Å². The summed E-state index contributed by atoms with van der Waals surface area (Å²) in [7, 11) is 3.91. The molecule has 0 aliphatic heterocycles. The minimum atomic E-state index is 0.155. The van der Waals surface area contributed by atoms with E-state index >= 15 is 0 Å². The molecular formula is C10H8BrCl2N3. The molecule has 3 nitrogen and oxygen atoms in total. The molecule has 0 amide bonds. The predicted octanol–water partition coefficient (Wildman–Crippen LogP) is 3.77. The van der Waals surface area contributed by atoms with Gasteiger partial charge in [0.05, 0.1) is 11.2 Å². The molecule has 0 atom stereocenters. The number of hydrogen-bond acceptors (Lipinski definition) is 3. The molecule has 0 N–H and O–H groups in total. The van der Waals surface area contributed by atoms with Gasteiger partial charge >= 0.3 is 0 Å². The summed E-state index contributed by atoms with van der Waals surface area (Å²) >= 11 is 15.2. The van der Waals surface area contributed by atoms with Crippen LogP contribution in [0, 0.1) is 0 Å². The lowest BCUT2D eigenvalue weighted by molar-refractivity contribution is 1.12. The second kappa shape index (κ2) is 4.35. The highest BCUT2D eigenvalue weighted by atomic mass is 79.9. The second-order valence-electron chi connectivity index (χ2n) is 3.50. The highest BCUT2D eigenvalue weighted by Crippen LogP contribution is 2.32. The molecule has 0 aliphatic carbocycles. The normalized spacial score (nSPS) is 10.8. The first-order valence-electron chi connectivity index (χ1n) is 4.48. The number of halogens is 3. The Morgan fingerprint density at radius 3 is 2.50 bits per heavy atom. The van der Waals surface area contributed by atoms with Crippen molar-refractivity contribution in [2.75, 3.05) is 19.0 Å². The lowest BCUT2D eigenvalue weighted by atomic mass is 10.2. The third-order valence-corrected chi connectivity index (χ3v) is 3.26. The summed E-state index contributed by atoms with van der Waals surface area (Å²) in [4.78, 5) is 10.0. The average Bonchev–Trinajstić information content (AvgIpc) is 2.15. The van der Waals surface area contributed by atoms with Crippen molar-refractivity contribution < 1.29 is 0 Å². The molecule has 0 saturated heterocycles. The van der Waals surface area contributed by atoms with Gasteiger partial charge < -0.3 is 4.90 Å². The molecule has 16 heavy (non-hydrogen) atoms. The molecule has 0 bridgehead atoms. The first-order chi connectivity index (χ1) is 7.49. The third kappa shape index (κ3) is 2.10. The average molecular weight is 321 g/mol. The number of fused-ring (bicyclic) bond motifs is 1. The van der Waals surface area contributed by atoms with E-state index in [1.54, 1.807) is 0 Å². The minimum absolute atomic E-state index is 0.155. The quantitative estimate of drug-likeness (QED) is 0.591. The molecule has 2 aromatic rings. The van der Waals surface area contributed by atoms with Crippen molar-refractivity contribution in [3.05, 3.63) is 27.0 Å². The highest BCUT2D eigenvalue weighted by Gasteiger charge is 2.10. The van der Waals surface area contributed by atoms with E-state index in [0.717, 1.165) is 21.1 Å². The molecular weight excluding hydrogens is 313 g/mol. The summed E-state index contributed by atoms with van der Waals surface area (Å²) in [5.41, 5.74) is 1.74. The van der Waals surface area contributed by atoms with Crippen LogP contribution in [0.25, 0.3) is 10.9 Å². The lowest BCUT2D eigenvalue weighted by Crippen LogP contribution is -2.09. The zero-order valence-electron chi connectivity index (χ0n) is 8.63. The molecule has 6 heteroatoms. The standard InChI is InChI=1S/C10H8BrCl2N3/c1-16(2)8-3-5-7(4-6(8)11)14-10(13)15-9(5)12/h3-4H,1-2H3. The van der Waals surface area contributed by atoms with Crippen molar-refractivity contribution in [1.29, 1.82) is 0 Å². The molecule has 0 unspecified atom stereocenters. The maximum Gasteiger partial charge on any atom is 0.224 e. The second-order valence-corrected chi connectivity index (χ2v) is 5.05. The van der Waals surface area contributed by atoms with Crippen molar-refractivity contribution in [1.82, 2.24) is 9.97 Å². The van der Waals surface area contributed by atoms with E-state index in [9.17, 15) is 0 Å². The van der Waals surface area contributed by atoms with E-state index in [0.29, 0.717) is 5.15 Å². The van der Waals surface area contributed by atoms with Crippen LogP contribution < -0.4 is 4.90 Å². The van der Waals surface area contributed by atoms with Gasteiger partial charge in [0, 0.05) is 24.0 Å². The fraction of sp³-hybridized carbons (Fsp3) is 0.200. The van der Waals surface area contributed by atoms with Gasteiger partial charge in [0.1, 0.15) is 5.15 Å². The first-order valence-corrected chi connectivity index (χ1v) is 6.03. The molecule has 0 radical (unpaired) electrons. The monoisotopic (exact) mass is 319 g/mol. The molecule has 0 saturated carbocycles. The van der Waals surface area contributed by atoms with Crippen molar-refractivity contribution in [2.24, 2.45) is 0 Å². The summed E-state index contributed by atoms with van der Waals surface area (Å²) < 4.78 is 0.941. The van der Waals surface area contributed by atoms with Gasteiger partial charge in [0.2, 0.25) is 5.28 Å². The van der Waals surface area contributed by atoms with Crippen molar-refractivity contribution in [3.8, 4) is 0 Å². The molecule has 0 fully saturated rings. The van der Waals surface area contributed by atoms with E-state index in [2.05, 4.69) is 25.9 Å². The molecule has 1 aromatic carbocycles. The number of anilines is 1. The van der Waals surface area contributed by atoms with Crippen LogP contribution in [-0.4, -0.2) is 24.1 Å². The maximum absolute atomic E-state index is 6.02. The van der Waals surface area contributed by atoms with Crippen LogP contribution in [0.4, 0.5) is 5.69 Å². The van der Waals surface area contributed by atoms with Crippen molar-refractivity contribution >= 4 is 55.7 Å². The van der Waals surface area contributed by atoms with Gasteiger partial charge in [-0.2, -0.15) is 0 Å². The summed E-state index contributed by atoms with van der Waals surface area (Å²) in [6.45, 7) is 0. The van der Waals surface area contributed by atoms with Crippen LogP contribution in [0.2, 0.25) is 10.4 Å². The van der Waals surface area contributed by atoms with Gasteiger partial charge in [0.15, 0.2) is 0 Å². The highest BCUT2D eigenvalue weighted by molar-refractivity contribution is 9.10. The zero-order chi connectivity index (χ0) is 11.9. The number of benzene rings is 1. The SMILES string of the molecule is CN(C)c1cc2c(Cl)nc(Cl)nc2cc1Br. The lowest BCUT2D eigenvalue weighted by Gasteiger charge is -2.15. The Kier molecular flexibility index (Phi) is 3.24. The largest absolute Gasteiger partial charge is 0.377 e. The minimum Gasteiger partial charge on any atom is -0.377 e. The van der Waals surface area contributed by atoms with E-state index < -0.39 is 0 Å². The van der Waals surface area contributed by atoms with Crippen LogP contribution in [0.5, 0.6) is 0 Å². The molecule has 2 rings (SSSR count). The smallest absolute Gasteiger partial charge is 0.224 e. The Hall–Kier alpha value is -0.580. The number of rotatable bonds is 1. The Balaban J connectivity index is 2.79. The van der Waals surface area contributed by atoms with Gasteiger partial charge in [0.25, 0.3) is 0 Å². The molecule has 0 spiro atoms. The summed E-state index contributed by atoms with van der Waals surface area (Å²) in [5, 5.41) is 1.31. The van der Waals surface area contributed by atoms with Gasteiger partial charge in [-0.15, -0.1) is 0 Å². The molecule has 0 aliphatic rings. The fourth-order valence-corrected chi connectivity index (χ4v) is 2.55. The predicted molar refractivity (Wildman–Crippen MR) is 71.6 cm³/mol. The van der Waals surface area contributed by atoms with E-state index in [1.165, 1.54) is 0 Å². The van der Waals surface area contributed by atoms with Gasteiger partial charge in [-0.05, 0) is 39.7 Å². The van der Waals surface area contributed by atoms with E-state index in [1.807, 2.05) is 31.1 Å². The topological polar surface area (TPSA) is 29.0 Å². The molecule has 1 heterocycles. The zero-order valence-corrected chi connectivity index (χ0v) is 11.7. The van der Waals surface area contributed by atoms with Crippen LogP contribution in [0.15, 0.2) is 16.6 Å². The van der Waals surface area contributed by atoms with Crippen molar-refractivity contribution in [3.63, 3.8) is 0 Å². The van der Waals surface area contributed by atoms with E-state index in [4.69, 9.17) is 23.2 Å². The molecule has 1 aromatic heterocycles. The fourth-order valence-electron chi connectivity index (χ4n) is 1.42. The van der Waals surface area contributed by atoms with Crippen LogP contribution in [-0.2, 0) is 0 Å². The summed E-state index contributed by atoms with van der Waals surface area (Å²) in [5.74, 6) is 0. The Morgan fingerprint density at radius 1 is 1.19 bits per heavy atom. The number of aromatic nitrogens is 2. The summed E-state index contributed by atoms with van der Waals surface area (Å²) in [6, 6.07) is 3.81. The Labute approximate surface area is 112 Å². The van der Waals surface area contributed by atoms with Gasteiger partial charge in [-0.25, -0.2) is 9.97 Å². The van der Waals surface area contributed by atoms with Crippen LogP contribution in [0.1, 0.15) is 0 Å². The third-order valence-electron chi connectivity index (χ3n) is 2.17. The number of nitrogens with zero attached hydrogens (tertiary/aromatic N) is 3. The Bertz CT molecular complexity index is 557.